The number of hydrogen-bond donors (Lipinski definition) is 1. The Morgan fingerprint density at radius 2 is 1.74 bits per heavy atom. The molecule has 0 unspecified atom stereocenters. The van der Waals surface area contributed by atoms with Crippen molar-refractivity contribution in [2.75, 3.05) is 31.5 Å². The van der Waals surface area contributed by atoms with Gasteiger partial charge < -0.3 is 19.5 Å². The van der Waals surface area contributed by atoms with Crippen molar-refractivity contribution in [2.45, 2.75) is 0 Å². The number of furan rings is 1. The van der Waals surface area contributed by atoms with Gasteiger partial charge in [-0.15, -0.1) is 0 Å². The Morgan fingerprint density at radius 3 is 2.37 bits per heavy atom. The second-order valence-electron chi connectivity index (χ2n) is 5.82. The number of non-ortho nitro benzene ring substituents is 1. The lowest BCUT2D eigenvalue weighted by atomic mass is 10.2. The molecule has 2 aromatic rings. The Kier molecular flexibility index (Phi) is 5.15. The molecule has 10 heteroatoms. The number of rotatable bonds is 3. The lowest BCUT2D eigenvalue weighted by Crippen LogP contribution is -2.52. The minimum Gasteiger partial charge on any atom is -0.459 e. The van der Waals surface area contributed by atoms with Crippen LogP contribution >= 0.6 is 0 Å². The number of carbonyl (C=O) groups excluding carboxylic acids is 3. The van der Waals surface area contributed by atoms with Crippen LogP contribution in [0.3, 0.4) is 0 Å². The Hall–Kier alpha value is -3.69. The van der Waals surface area contributed by atoms with Gasteiger partial charge in [0.05, 0.1) is 11.2 Å². The number of anilines is 1. The number of nitro benzene ring substituents is 1. The number of benzene rings is 1. The number of nitro groups is 1. The lowest BCUT2D eigenvalue weighted by Gasteiger charge is -2.33. The molecule has 140 valence electrons. The predicted octanol–water partition coefficient (Wildman–Crippen LogP) is 1.11. The molecule has 1 aliphatic heterocycles. The normalized spacial score (nSPS) is 13.9. The SMILES string of the molecule is O=C(Nc1cccc([N+](=O)[O-])c1)C(=O)N1CCN(C(=O)c2ccco2)CC1. The van der Waals surface area contributed by atoms with Crippen LogP contribution in [-0.2, 0) is 9.59 Å². The molecule has 1 aromatic heterocycles. The van der Waals surface area contributed by atoms with Gasteiger partial charge in [-0.05, 0) is 18.2 Å². The molecule has 0 radical (unpaired) electrons. The molecule has 3 rings (SSSR count). The molecule has 0 bridgehead atoms. The number of carbonyl (C=O) groups is 3. The van der Waals surface area contributed by atoms with Crippen molar-refractivity contribution in [3.63, 3.8) is 0 Å². The molecule has 0 spiro atoms. The van der Waals surface area contributed by atoms with E-state index in [9.17, 15) is 24.5 Å². The summed E-state index contributed by atoms with van der Waals surface area (Å²) < 4.78 is 5.07. The lowest BCUT2D eigenvalue weighted by molar-refractivity contribution is -0.384. The zero-order valence-corrected chi connectivity index (χ0v) is 14.2. The summed E-state index contributed by atoms with van der Waals surface area (Å²) in [5.74, 6) is -1.70. The third-order valence-electron chi connectivity index (χ3n) is 4.10. The maximum Gasteiger partial charge on any atom is 0.313 e. The molecule has 2 heterocycles. The van der Waals surface area contributed by atoms with Crippen molar-refractivity contribution in [1.82, 2.24) is 9.80 Å². The van der Waals surface area contributed by atoms with Crippen LogP contribution in [-0.4, -0.2) is 58.6 Å². The summed E-state index contributed by atoms with van der Waals surface area (Å²) >= 11 is 0. The molecule has 0 aliphatic carbocycles. The molecule has 10 nitrogen and oxygen atoms in total. The van der Waals surface area contributed by atoms with Crippen LogP contribution in [0.15, 0.2) is 47.1 Å². The molecule has 0 atom stereocenters. The van der Waals surface area contributed by atoms with Crippen LogP contribution in [0.4, 0.5) is 11.4 Å². The van der Waals surface area contributed by atoms with Crippen LogP contribution in [0.1, 0.15) is 10.6 Å². The Balaban J connectivity index is 1.56. The van der Waals surface area contributed by atoms with E-state index in [1.165, 1.54) is 35.4 Å². The van der Waals surface area contributed by atoms with Gasteiger partial charge in [0, 0.05) is 44.0 Å². The van der Waals surface area contributed by atoms with Crippen LogP contribution in [0.25, 0.3) is 0 Å². The summed E-state index contributed by atoms with van der Waals surface area (Å²) in [6, 6.07) is 8.50. The highest BCUT2D eigenvalue weighted by atomic mass is 16.6. The molecular weight excluding hydrogens is 356 g/mol. The number of nitrogens with one attached hydrogen (secondary N) is 1. The van der Waals surface area contributed by atoms with Gasteiger partial charge in [-0.25, -0.2) is 0 Å². The second-order valence-corrected chi connectivity index (χ2v) is 5.82. The van der Waals surface area contributed by atoms with Crippen molar-refractivity contribution in [1.29, 1.82) is 0 Å². The topological polar surface area (TPSA) is 126 Å². The van der Waals surface area contributed by atoms with E-state index in [4.69, 9.17) is 4.42 Å². The van der Waals surface area contributed by atoms with Crippen LogP contribution < -0.4 is 5.32 Å². The highest BCUT2D eigenvalue weighted by molar-refractivity contribution is 6.39. The highest BCUT2D eigenvalue weighted by Crippen LogP contribution is 2.17. The van der Waals surface area contributed by atoms with Crippen LogP contribution in [0, 0.1) is 10.1 Å². The van der Waals surface area contributed by atoms with Gasteiger partial charge in [-0.2, -0.15) is 0 Å². The zero-order chi connectivity index (χ0) is 19.4. The number of nitrogens with zero attached hydrogens (tertiary/aromatic N) is 3. The van der Waals surface area contributed by atoms with Crippen molar-refractivity contribution in [3.8, 4) is 0 Å². The first-order valence-corrected chi connectivity index (χ1v) is 8.13. The Bertz CT molecular complexity index is 871. The van der Waals surface area contributed by atoms with Gasteiger partial charge in [-0.1, -0.05) is 6.07 Å². The fourth-order valence-corrected chi connectivity index (χ4v) is 2.69. The fraction of sp³-hybridized carbons (Fsp3) is 0.235. The summed E-state index contributed by atoms with van der Waals surface area (Å²) in [4.78, 5) is 49.7. The van der Waals surface area contributed by atoms with Gasteiger partial charge in [-0.3, -0.25) is 24.5 Å². The Labute approximate surface area is 153 Å². The smallest absolute Gasteiger partial charge is 0.313 e. The standard InChI is InChI=1S/C17H16N4O6/c22-15(18-12-3-1-4-13(11-12)21(25)26)17(24)20-8-6-19(7-9-20)16(23)14-5-2-10-27-14/h1-5,10-11H,6-9H2,(H,18,22). The van der Waals surface area contributed by atoms with Crippen molar-refractivity contribution < 1.29 is 23.7 Å². The van der Waals surface area contributed by atoms with Crippen molar-refractivity contribution >= 4 is 29.1 Å². The minimum atomic E-state index is -0.888. The van der Waals surface area contributed by atoms with E-state index in [-0.39, 0.29) is 49.2 Å². The number of amides is 3. The van der Waals surface area contributed by atoms with Gasteiger partial charge >= 0.3 is 11.8 Å². The maximum atomic E-state index is 12.3. The van der Waals surface area contributed by atoms with Crippen molar-refractivity contribution in [2.24, 2.45) is 0 Å². The van der Waals surface area contributed by atoms with Gasteiger partial charge in [0.2, 0.25) is 0 Å². The minimum absolute atomic E-state index is 0.161. The predicted molar refractivity (Wildman–Crippen MR) is 92.9 cm³/mol. The molecule has 1 saturated heterocycles. The number of piperazine rings is 1. The summed E-state index contributed by atoms with van der Waals surface area (Å²) in [5.41, 5.74) is -0.0283. The summed E-state index contributed by atoms with van der Waals surface area (Å²) in [6.45, 7) is 0.950. The molecule has 27 heavy (non-hydrogen) atoms. The molecule has 3 amide bonds. The van der Waals surface area contributed by atoms with E-state index in [0.29, 0.717) is 0 Å². The molecule has 0 saturated carbocycles. The first-order valence-electron chi connectivity index (χ1n) is 8.13. The third-order valence-corrected chi connectivity index (χ3v) is 4.10. The van der Waals surface area contributed by atoms with E-state index in [2.05, 4.69) is 5.32 Å². The zero-order valence-electron chi connectivity index (χ0n) is 14.2. The molecule has 1 N–H and O–H groups in total. The molecule has 1 fully saturated rings. The first kappa shape index (κ1) is 18.1. The van der Waals surface area contributed by atoms with Gasteiger partial charge in [0.1, 0.15) is 0 Å². The molecule has 1 aromatic carbocycles. The fourth-order valence-electron chi connectivity index (χ4n) is 2.69. The molecular formula is C17H16N4O6. The average Bonchev–Trinajstić information content (AvgIpc) is 3.22. The summed E-state index contributed by atoms with van der Waals surface area (Å²) in [7, 11) is 0. The third kappa shape index (κ3) is 4.11. The highest BCUT2D eigenvalue weighted by Gasteiger charge is 2.29. The van der Waals surface area contributed by atoms with E-state index in [0.717, 1.165) is 0 Å². The van der Waals surface area contributed by atoms with E-state index in [1.54, 1.807) is 17.0 Å². The number of hydrogen-bond acceptors (Lipinski definition) is 6. The summed E-state index contributed by atoms with van der Waals surface area (Å²) in [6.07, 6.45) is 1.41. The summed E-state index contributed by atoms with van der Waals surface area (Å²) in [5, 5.41) is 13.1. The van der Waals surface area contributed by atoms with E-state index >= 15 is 0 Å². The monoisotopic (exact) mass is 372 g/mol. The largest absolute Gasteiger partial charge is 0.459 e. The van der Waals surface area contributed by atoms with E-state index < -0.39 is 16.7 Å². The molecule has 1 aliphatic rings. The quantitative estimate of drug-likeness (QED) is 0.489. The van der Waals surface area contributed by atoms with Crippen LogP contribution in [0.2, 0.25) is 0 Å². The second kappa shape index (κ2) is 7.68. The average molecular weight is 372 g/mol. The van der Waals surface area contributed by atoms with E-state index in [1.807, 2.05) is 0 Å². The maximum absolute atomic E-state index is 12.3. The Morgan fingerprint density at radius 1 is 1.04 bits per heavy atom. The van der Waals surface area contributed by atoms with Crippen molar-refractivity contribution in [3.05, 3.63) is 58.5 Å². The van der Waals surface area contributed by atoms with Gasteiger partial charge in [0.25, 0.3) is 11.6 Å². The van der Waals surface area contributed by atoms with Crippen LogP contribution in [0.5, 0.6) is 0 Å². The first-order chi connectivity index (χ1) is 13.0. The van der Waals surface area contributed by atoms with Gasteiger partial charge in [0.15, 0.2) is 5.76 Å².